The Morgan fingerprint density at radius 3 is 1.50 bits per heavy atom. The second-order valence-corrected chi connectivity index (χ2v) is 4.02. The van der Waals surface area contributed by atoms with Crippen LogP contribution in [0.25, 0.3) is 0 Å². The van der Waals surface area contributed by atoms with Gasteiger partial charge in [0.25, 0.3) is 0 Å². The number of hydrogen-bond acceptors (Lipinski definition) is 0. The van der Waals surface area contributed by atoms with E-state index in [-0.39, 0.29) is 8.41 Å². The van der Waals surface area contributed by atoms with Gasteiger partial charge in [-0.25, -0.2) is 0 Å². The molecule has 0 aliphatic carbocycles. The maximum atomic E-state index is 2.34. The highest BCUT2D eigenvalue weighted by Gasteiger charge is 2.29. The van der Waals surface area contributed by atoms with Gasteiger partial charge in [0.15, 0.2) is 0 Å². The van der Waals surface area contributed by atoms with Crippen LogP contribution in [0.5, 0.6) is 0 Å². The molecule has 0 radical (unpaired) electrons. The lowest BCUT2D eigenvalue weighted by Gasteiger charge is -2.43. The van der Waals surface area contributed by atoms with Gasteiger partial charge >= 0.3 is 0 Å². The van der Waals surface area contributed by atoms with Gasteiger partial charge in [-0.05, 0) is 33.6 Å². The third-order valence-corrected chi connectivity index (χ3v) is 3.76. The van der Waals surface area contributed by atoms with Crippen LogP contribution < -0.4 is 0 Å². The van der Waals surface area contributed by atoms with Crippen LogP contribution in [0.4, 0.5) is 0 Å². The molecular weight excluding hydrogens is 169 g/mol. The highest BCUT2D eigenvalue weighted by atomic mass is 15.4. The zero-order valence-corrected chi connectivity index (χ0v) is 10.3. The Kier molecular flexibility index (Phi) is 9.81. The molecule has 0 amide bonds. The SMILES string of the molecule is CCCC(CC)[N+](CC)(CC)CC.[BH4-]. The van der Waals surface area contributed by atoms with E-state index in [0.717, 1.165) is 6.04 Å². The highest BCUT2D eigenvalue weighted by molar-refractivity contribution is 5.75. The first kappa shape index (κ1) is 16.5. The number of hydrogen-bond donors (Lipinski definition) is 0. The van der Waals surface area contributed by atoms with Crippen molar-refractivity contribution in [1.29, 1.82) is 0 Å². The van der Waals surface area contributed by atoms with Crippen molar-refractivity contribution in [3.63, 3.8) is 0 Å². The molecule has 0 rings (SSSR count). The summed E-state index contributed by atoms with van der Waals surface area (Å²) in [6.07, 6.45) is 4.06. The van der Waals surface area contributed by atoms with Crippen LogP contribution in [-0.2, 0) is 0 Å². The molecule has 0 N–H and O–H groups in total. The molecule has 2 heteroatoms. The topological polar surface area (TPSA) is 0 Å². The molecule has 0 aliphatic rings. The molecule has 0 bridgehead atoms. The van der Waals surface area contributed by atoms with Crippen molar-refractivity contribution in [2.75, 3.05) is 19.6 Å². The van der Waals surface area contributed by atoms with Gasteiger partial charge in [-0.15, -0.1) is 0 Å². The average Bonchev–Trinajstić information content (AvgIpc) is 2.19. The second kappa shape index (κ2) is 8.34. The fourth-order valence-corrected chi connectivity index (χ4v) is 2.64. The van der Waals surface area contributed by atoms with Gasteiger partial charge in [0.05, 0.1) is 25.7 Å². The second-order valence-electron chi connectivity index (χ2n) is 4.02. The molecule has 0 aromatic rings. The van der Waals surface area contributed by atoms with Crippen molar-refractivity contribution in [3.05, 3.63) is 0 Å². The molecule has 0 saturated heterocycles. The maximum Gasteiger partial charge on any atom is 0.0887 e. The minimum atomic E-state index is 0. The first-order valence-electron chi connectivity index (χ1n) is 6.06. The van der Waals surface area contributed by atoms with Gasteiger partial charge in [-0.3, -0.25) is 0 Å². The summed E-state index contributed by atoms with van der Waals surface area (Å²) in [4.78, 5) is 0. The molecule has 0 aromatic carbocycles. The minimum Gasteiger partial charge on any atom is -0.322 e. The fourth-order valence-electron chi connectivity index (χ4n) is 2.64. The number of rotatable bonds is 7. The monoisotopic (exact) mass is 201 g/mol. The average molecular weight is 201 g/mol. The summed E-state index contributed by atoms with van der Waals surface area (Å²) in [6, 6.07) is 0.894. The first-order valence-corrected chi connectivity index (χ1v) is 6.06. The molecular formula is C12H32BN. The summed E-state index contributed by atoms with van der Waals surface area (Å²) in [5.41, 5.74) is 0. The van der Waals surface area contributed by atoms with Crippen LogP contribution >= 0.6 is 0 Å². The lowest BCUT2D eigenvalue weighted by molar-refractivity contribution is -0.947. The molecule has 0 fully saturated rings. The largest absolute Gasteiger partial charge is 0.322 e. The Morgan fingerprint density at radius 2 is 1.29 bits per heavy atom. The molecule has 0 saturated carbocycles. The van der Waals surface area contributed by atoms with Crippen LogP contribution in [0.3, 0.4) is 0 Å². The lowest BCUT2D eigenvalue weighted by atomic mass is 10.0. The van der Waals surface area contributed by atoms with E-state index in [9.17, 15) is 0 Å². The van der Waals surface area contributed by atoms with Gasteiger partial charge in [0.2, 0.25) is 0 Å². The molecule has 1 atom stereocenters. The van der Waals surface area contributed by atoms with E-state index in [2.05, 4.69) is 34.6 Å². The summed E-state index contributed by atoms with van der Waals surface area (Å²) in [7, 11) is 0. The van der Waals surface area contributed by atoms with Gasteiger partial charge in [0.1, 0.15) is 0 Å². The van der Waals surface area contributed by atoms with Crippen molar-refractivity contribution >= 4 is 8.41 Å². The van der Waals surface area contributed by atoms with Crippen molar-refractivity contribution < 1.29 is 4.48 Å². The summed E-state index contributed by atoms with van der Waals surface area (Å²) >= 11 is 0. The summed E-state index contributed by atoms with van der Waals surface area (Å²) in [6.45, 7) is 15.6. The minimum absolute atomic E-state index is 0. The normalized spacial score (nSPS) is 13.5. The fraction of sp³-hybridized carbons (Fsp3) is 1.00. The molecule has 14 heavy (non-hydrogen) atoms. The molecule has 0 aromatic heterocycles. The lowest BCUT2D eigenvalue weighted by Crippen LogP contribution is -2.54. The quantitative estimate of drug-likeness (QED) is 0.436. The molecule has 88 valence electrons. The highest BCUT2D eigenvalue weighted by Crippen LogP contribution is 2.20. The number of nitrogens with zero attached hydrogens (tertiary/aromatic N) is 1. The van der Waals surface area contributed by atoms with Crippen LogP contribution in [0.2, 0.25) is 0 Å². The Balaban J connectivity index is 0. The maximum absolute atomic E-state index is 2.34. The zero-order chi connectivity index (χ0) is 10.3. The molecule has 0 heterocycles. The Hall–Kier alpha value is 0.0249. The van der Waals surface area contributed by atoms with E-state index in [4.69, 9.17) is 0 Å². The van der Waals surface area contributed by atoms with Gasteiger partial charge in [0, 0.05) is 0 Å². The van der Waals surface area contributed by atoms with E-state index in [0.29, 0.717) is 0 Å². The van der Waals surface area contributed by atoms with E-state index in [1.165, 1.54) is 43.4 Å². The van der Waals surface area contributed by atoms with E-state index in [1.807, 2.05) is 0 Å². The number of quaternary nitrogens is 1. The standard InChI is InChI=1S/C12H28N.BH4/c1-6-11-12(7-2)13(8-3,9-4)10-5;/h12H,6-11H2,1-5H3;1H4/q+1;-1. The van der Waals surface area contributed by atoms with Crippen molar-refractivity contribution in [1.82, 2.24) is 0 Å². The first-order chi connectivity index (χ1) is 6.20. The van der Waals surface area contributed by atoms with Crippen LogP contribution in [-0.4, -0.2) is 38.6 Å². The van der Waals surface area contributed by atoms with Crippen LogP contribution in [0, 0.1) is 0 Å². The Morgan fingerprint density at radius 1 is 0.857 bits per heavy atom. The van der Waals surface area contributed by atoms with E-state index in [1.54, 1.807) is 0 Å². The predicted molar refractivity (Wildman–Crippen MR) is 72.2 cm³/mol. The Bertz CT molecular complexity index is 113. The summed E-state index contributed by atoms with van der Waals surface area (Å²) in [5.74, 6) is 0. The smallest absolute Gasteiger partial charge is 0.0887 e. The van der Waals surface area contributed by atoms with Crippen LogP contribution in [0.1, 0.15) is 53.9 Å². The molecule has 1 nitrogen and oxygen atoms in total. The predicted octanol–water partition coefficient (Wildman–Crippen LogP) is 1.99. The molecule has 0 spiro atoms. The summed E-state index contributed by atoms with van der Waals surface area (Å²) < 4.78 is 1.32. The Labute approximate surface area is 93.0 Å². The van der Waals surface area contributed by atoms with E-state index >= 15 is 0 Å². The zero-order valence-electron chi connectivity index (χ0n) is 10.3. The van der Waals surface area contributed by atoms with Crippen molar-refractivity contribution in [2.24, 2.45) is 0 Å². The van der Waals surface area contributed by atoms with Gasteiger partial charge < -0.3 is 4.48 Å². The van der Waals surface area contributed by atoms with Crippen molar-refractivity contribution in [3.8, 4) is 0 Å². The van der Waals surface area contributed by atoms with Crippen LogP contribution in [0.15, 0.2) is 0 Å². The summed E-state index contributed by atoms with van der Waals surface area (Å²) in [5, 5.41) is 0. The third-order valence-electron chi connectivity index (χ3n) is 3.76. The van der Waals surface area contributed by atoms with Crippen molar-refractivity contribution in [2.45, 2.75) is 59.9 Å². The molecule has 1 unspecified atom stereocenters. The third kappa shape index (κ3) is 3.64. The van der Waals surface area contributed by atoms with Gasteiger partial charge in [-0.2, -0.15) is 0 Å². The van der Waals surface area contributed by atoms with Gasteiger partial charge in [-0.1, -0.05) is 28.7 Å². The molecule has 0 aliphatic heterocycles. The van der Waals surface area contributed by atoms with E-state index < -0.39 is 0 Å².